The van der Waals surface area contributed by atoms with Crippen molar-refractivity contribution >= 4 is 45.2 Å². The van der Waals surface area contributed by atoms with Crippen LogP contribution in [0.25, 0.3) is 16.5 Å². The Bertz CT molecular complexity index is 1470. The lowest BCUT2D eigenvalue weighted by molar-refractivity contribution is 0.211. The van der Waals surface area contributed by atoms with Crippen molar-refractivity contribution in [1.82, 2.24) is 19.5 Å². The van der Waals surface area contributed by atoms with E-state index in [1.807, 2.05) is 42.5 Å². The number of nitrogens with zero attached hydrogens (tertiary/aromatic N) is 5. The van der Waals surface area contributed by atoms with Crippen LogP contribution >= 0.6 is 34.5 Å². The van der Waals surface area contributed by atoms with Gasteiger partial charge in [-0.3, -0.25) is 4.90 Å². The van der Waals surface area contributed by atoms with Gasteiger partial charge in [-0.1, -0.05) is 58.8 Å². The zero-order valence-electron chi connectivity index (χ0n) is 18.5. The molecule has 0 radical (unpaired) electrons. The highest BCUT2D eigenvalue weighted by molar-refractivity contribution is 7.17. The molecule has 178 valence electrons. The van der Waals surface area contributed by atoms with Crippen molar-refractivity contribution in [3.05, 3.63) is 87.4 Å². The molecular formula is C25H21Cl2N5O2S. The largest absolute Gasteiger partial charge is 0.492 e. The van der Waals surface area contributed by atoms with Gasteiger partial charge in [0.2, 0.25) is 16.7 Å². The lowest BCUT2D eigenvalue weighted by Crippen LogP contribution is -2.47. The van der Waals surface area contributed by atoms with Crippen molar-refractivity contribution in [3.63, 3.8) is 0 Å². The zero-order valence-corrected chi connectivity index (χ0v) is 20.8. The SMILES string of the molecule is Oc1c([C@@H](c2ccccc2Cl)N2CCN(c3cccc(Cl)c3)CC2)sc2nc(-c3ccco3)nn12. The van der Waals surface area contributed by atoms with Gasteiger partial charge in [-0.05, 0) is 42.0 Å². The molecule has 0 spiro atoms. The van der Waals surface area contributed by atoms with E-state index in [0.29, 0.717) is 21.6 Å². The number of fused-ring (bicyclic) bond motifs is 1. The quantitative estimate of drug-likeness (QED) is 0.304. The second-order valence-electron chi connectivity index (χ2n) is 8.32. The number of aromatic nitrogens is 3. The fraction of sp³-hybridized carbons (Fsp3) is 0.200. The number of piperazine rings is 1. The van der Waals surface area contributed by atoms with E-state index in [2.05, 4.69) is 25.9 Å². The first-order valence-electron chi connectivity index (χ1n) is 11.2. The molecule has 1 aliphatic heterocycles. The minimum atomic E-state index is -0.231. The number of benzene rings is 2. The van der Waals surface area contributed by atoms with Gasteiger partial charge in [0.1, 0.15) is 0 Å². The van der Waals surface area contributed by atoms with Crippen molar-refractivity contribution in [1.29, 1.82) is 0 Å². The summed E-state index contributed by atoms with van der Waals surface area (Å²) < 4.78 is 6.89. The molecule has 1 atom stereocenters. The van der Waals surface area contributed by atoms with Gasteiger partial charge >= 0.3 is 0 Å². The molecule has 2 aromatic carbocycles. The molecule has 1 N–H and O–H groups in total. The Kier molecular flexibility index (Phi) is 5.89. The monoisotopic (exact) mass is 525 g/mol. The Morgan fingerprint density at radius 2 is 1.80 bits per heavy atom. The predicted octanol–water partition coefficient (Wildman–Crippen LogP) is 5.97. The van der Waals surface area contributed by atoms with Crippen LogP contribution in [-0.4, -0.2) is 50.8 Å². The highest BCUT2D eigenvalue weighted by Crippen LogP contribution is 2.42. The first kappa shape index (κ1) is 22.4. The Labute approximate surface area is 215 Å². The van der Waals surface area contributed by atoms with Crippen molar-refractivity contribution in [2.24, 2.45) is 0 Å². The van der Waals surface area contributed by atoms with Gasteiger partial charge in [0.15, 0.2) is 5.76 Å². The van der Waals surface area contributed by atoms with Crippen LogP contribution in [0.5, 0.6) is 5.88 Å². The summed E-state index contributed by atoms with van der Waals surface area (Å²) in [5.74, 6) is 1.06. The third-order valence-electron chi connectivity index (χ3n) is 6.24. The molecule has 0 saturated carbocycles. The molecule has 0 bridgehead atoms. The molecule has 4 heterocycles. The van der Waals surface area contributed by atoms with Gasteiger partial charge in [0.25, 0.3) is 0 Å². The normalized spacial score (nSPS) is 15.7. The lowest BCUT2D eigenvalue weighted by Gasteiger charge is -2.40. The molecule has 1 aliphatic rings. The minimum Gasteiger partial charge on any atom is -0.492 e. The number of halogens is 2. The van der Waals surface area contributed by atoms with Crippen LogP contribution in [0.1, 0.15) is 16.5 Å². The maximum atomic E-state index is 11.3. The summed E-state index contributed by atoms with van der Waals surface area (Å²) in [4.78, 5) is 10.6. The summed E-state index contributed by atoms with van der Waals surface area (Å²) in [6.45, 7) is 3.22. The Morgan fingerprint density at radius 3 is 2.51 bits per heavy atom. The summed E-state index contributed by atoms with van der Waals surface area (Å²) in [6.07, 6.45) is 1.58. The fourth-order valence-corrected chi connectivity index (χ4v) is 6.08. The van der Waals surface area contributed by atoms with Gasteiger partial charge in [-0.25, -0.2) is 0 Å². The number of hydrogen-bond donors (Lipinski definition) is 1. The molecular weight excluding hydrogens is 505 g/mol. The van der Waals surface area contributed by atoms with Crippen molar-refractivity contribution in [2.45, 2.75) is 6.04 Å². The Balaban J connectivity index is 1.35. The summed E-state index contributed by atoms with van der Waals surface area (Å²) in [6, 6.07) is 19.1. The van der Waals surface area contributed by atoms with Crippen LogP contribution in [0, 0.1) is 0 Å². The number of rotatable bonds is 5. The minimum absolute atomic E-state index is 0.0671. The number of thiazole rings is 1. The molecule has 6 rings (SSSR count). The Morgan fingerprint density at radius 1 is 0.971 bits per heavy atom. The van der Waals surface area contributed by atoms with Gasteiger partial charge in [0, 0.05) is 41.9 Å². The second-order valence-corrected chi connectivity index (χ2v) is 10.2. The number of furan rings is 1. The molecule has 3 aromatic heterocycles. The number of aromatic hydroxyl groups is 1. The zero-order chi connectivity index (χ0) is 23.9. The third-order valence-corrected chi connectivity index (χ3v) is 7.89. The van der Waals surface area contributed by atoms with Crippen molar-refractivity contribution in [2.75, 3.05) is 31.1 Å². The molecule has 35 heavy (non-hydrogen) atoms. The molecule has 0 aliphatic carbocycles. The Hall–Kier alpha value is -3.04. The van der Waals surface area contributed by atoms with Gasteiger partial charge in [0.05, 0.1) is 17.2 Å². The molecule has 1 saturated heterocycles. The van der Waals surface area contributed by atoms with Gasteiger partial charge < -0.3 is 14.4 Å². The lowest BCUT2D eigenvalue weighted by atomic mass is 10.0. The van der Waals surface area contributed by atoms with E-state index in [-0.39, 0.29) is 11.9 Å². The summed E-state index contributed by atoms with van der Waals surface area (Å²) in [5, 5.41) is 17.1. The van der Waals surface area contributed by atoms with Crippen molar-refractivity contribution < 1.29 is 9.52 Å². The predicted molar refractivity (Wildman–Crippen MR) is 139 cm³/mol. The molecule has 10 heteroatoms. The first-order chi connectivity index (χ1) is 17.1. The highest BCUT2D eigenvalue weighted by Gasteiger charge is 2.33. The molecule has 7 nitrogen and oxygen atoms in total. The molecule has 0 unspecified atom stereocenters. The topological polar surface area (TPSA) is 70.0 Å². The van der Waals surface area contributed by atoms with Crippen LogP contribution in [0.2, 0.25) is 10.0 Å². The van der Waals surface area contributed by atoms with Crippen LogP contribution < -0.4 is 4.90 Å². The van der Waals surface area contributed by atoms with E-state index in [1.54, 1.807) is 18.4 Å². The molecule has 1 fully saturated rings. The van der Waals surface area contributed by atoms with Crippen molar-refractivity contribution in [3.8, 4) is 17.5 Å². The number of anilines is 1. The fourth-order valence-electron chi connectivity index (χ4n) is 4.55. The maximum Gasteiger partial charge on any atom is 0.230 e. The van der Waals surface area contributed by atoms with E-state index in [4.69, 9.17) is 27.6 Å². The third kappa shape index (κ3) is 4.16. The van der Waals surface area contributed by atoms with Crippen LogP contribution in [0.15, 0.2) is 71.3 Å². The summed E-state index contributed by atoms with van der Waals surface area (Å²) in [5.41, 5.74) is 2.05. The van der Waals surface area contributed by atoms with E-state index < -0.39 is 0 Å². The second kappa shape index (κ2) is 9.20. The van der Waals surface area contributed by atoms with E-state index >= 15 is 0 Å². The van der Waals surface area contributed by atoms with Crippen LogP contribution in [-0.2, 0) is 0 Å². The van der Waals surface area contributed by atoms with Crippen LogP contribution in [0.4, 0.5) is 5.69 Å². The highest BCUT2D eigenvalue weighted by atomic mass is 35.5. The smallest absolute Gasteiger partial charge is 0.230 e. The maximum absolute atomic E-state index is 11.3. The average Bonchev–Trinajstić information content (AvgIpc) is 3.60. The first-order valence-corrected chi connectivity index (χ1v) is 12.8. The van der Waals surface area contributed by atoms with E-state index in [9.17, 15) is 5.11 Å². The van der Waals surface area contributed by atoms with E-state index in [0.717, 1.165) is 47.3 Å². The molecule has 5 aromatic rings. The van der Waals surface area contributed by atoms with Crippen LogP contribution in [0.3, 0.4) is 0 Å². The average molecular weight is 526 g/mol. The van der Waals surface area contributed by atoms with E-state index in [1.165, 1.54) is 15.9 Å². The standard InChI is InChI=1S/C25H21Cl2N5O2S/c26-16-5-3-6-17(15-16)30-10-12-31(13-11-30)21(18-7-1-2-8-19(18)27)22-24(33)32-25(35-22)28-23(29-32)20-9-4-14-34-20/h1-9,14-15,21,33H,10-13H2/t21-/m1/s1. The van der Waals surface area contributed by atoms with Gasteiger partial charge in [-0.2, -0.15) is 9.50 Å². The summed E-state index contributed by atoms with van der Waals surface area (Å²) >= 11 is 14.3. The molecule has 0 amide bonds. The summed E-state index contributed by atoms with van der Waals surface area (Å²) in [7, 11) is 0. The van der Waals surface area contributed by atoms with Gasteiger partial charge in [-0.15, -0.1) is 5.10 Å². The number of hydrogen-bond acceptors (Lipinski definition) is 7.